The summed E-state index contributed by atoms with van der Waals surface area (Å²) >= 11 is 0. The Hall–Kier alpha value is -4.30. The van der Waals surface area contributed by atoms with Gasteiger partial charge in [-0.3, -0.25) is 0 Å². The maximum Gasteiger partial charge on any atom is 0.0570 e. The highest BCUT2D eigenvalue weighted by Gasteiger charge is 2.16. The van der Waals surface area contributed by atoms with Crippen molar-refractivity contribution in [1.82, 2.24) is 9.13 Å². The molecule has 2 nitrogen and oxygen atoms in total. The van der Waals surface area contributed by atoms with Crippen LogP contribution >= 0.6 is 0 Å². The van der Waals surface area contributed by atoms with Gasteiger partial charge in [0.1, 0.15) is 0 Å². The first-order chi connectivity index (χ1) is 17.8. The van der Waals surface area contributed by atoms with Crippen molar-refractivity contribution >= 4 is 43.6 Å². The van der Waals surface area contributed by atoms with E-state index in [2.05, 4.69) is 132 Å². The topological polar surface area (TPSA) is 9.86 Å². The van der Waals surface area contributed by atoms with Crippen LogP contribution in [0.3, 0.4) is 0 Å². The summed E-state index contributed by atoms with van der Waals surface area (Å²) in [6.45, 7) is 6.36. The van der Waals surface area contributed by atoms with Gasteiger partial charge in [0.25, 0.3) is 0 Å². The van der Waals surface area contributed by atoms with Crippen molar-refractivity contribution in [3.05, 3.63) is 109 Å². The minimum atomic E-state index is 0.947. The SMILES string of the molecule is CCn1c2ccccc2c2cccc(-c3ccc(-c4cccc5c6ccccc6n(CC)c45)cc3)c21. The Morgan fingerprint density at radius 3 is 1.22 bits per heavy atom. The van der Waals surface area contributed by atoms with Gasteiger partial charge in [-0.2, -0.15) is 0 Å². The molecule has 5 aromatic carbocycles. The third-order valence-electron chi connectivity index (χ3n) is 7.72. The minimum absolute atomic E-state index is 0.947. The summed E-state index contributed by atoms with van der Waals surface area (Å²) in [5.41, 5.74) is 10.3. The molecule has 2 aromatic heterocycles. The van der Waals surface area contributed by atoms with Gasteiger partial charge in [0.15, 0.2) is 0 Å². The Balaban J connectivity index is 1.42. The van der Waals surface area contributed by atoms with Crippen molar-refractivity contribution in [1.29, 1.82) is 0 Å². The van der Waals surface area contributed by atoms with E-state index < -0.39 is 0 Å². The van der Waals surface area contributed by atoms with E-state index in [1.807, 2.05) is 0 Å². The molecular weight excluding hydrogens is 436 g/mol. The Kier molecular flexibility index (Phi) is 4.75. The van der Waals surface area contributed by atoms with E-state index in [1.54, 1.807) is 0 Å². The van der Waals surface area contributed by atoms with Gasteiger partial charge >= 0.3 is 0 Å². The smallest absolute Gasteiger partial charge is 0.0570 e. The first-order valence-corrected chi connectivity index (χ1v) is 12.9. The number of rotatable bonds is 4. The second-order valence-corrected chi connectivity index (χ2v) is 9.50. The molecule has 0 unspecified atom stereocenters. The number of aromatic nitrogens is 2. The fourth-order valence-corrected chi connectivity index (χ4v) is 6.17. The lowest BCUT2D eigenvalue weighted by Crippen LogP contribution is -1.95. The maximum atomic E-state index is 2.45. The van der Waals surface area contributed by atoms with E-state index in [0.717, 1.165) is 13.1 Å². The molecule has 0 aliphatic heterocycles. The molecule has 0 saturated heterocycles. The number of benzene rings is 5. The van der Waals surface area contributed by atoms with Crippen LogP contribution in [0.1, 0.15) is 13.8 Å². The fraction of sp³-hybridized carbons (Fsp3) is 0.118. The van der Waals surface area contributed by atoms with Crippen LogP contribution in [0.25, 0.3) is 65.9 Å². The van der Waals surface area contributed by atoms with E-state index in [0.29, 0.717) is 0 Å². The van der Waals surface area contributed by atoms with Gasteiger partial charge in [0.05, 0.1) is 11.0 Å². The van der Waals surface area contributed by atoms with Gasteiger partial charge in [0.2, 0.25) is 0 Å². The quantitative estimate of drug-likeness (QED) is 0.246. The molecule has 0 aliphatic carbocycles. The van der Waals surface area contributed by atoms with Gasteiger partial charge in [-0.25, -0.2) is 0 Å². The summed E-state index contributed by atoms with van der Waals surface area (Å²) in [5, 5.41) is 5.30. The van der Waals surface area contributed by atoms with Crippen molar-refractivity contribution in [2.24, 2.45) is 0 Å². The number of para-hydroxylation sites is 4. The summed E-state index contributed by atoms with van der Waals surface area (Å²) in [7, 11) is 0. The number of hydrogen-bond acceptors (Lipinski definition) is 0. The summed E-state index contributed by atoms with van der Waals surface area (Å²) < 4.78 is 4.91. The highest BCUT2D eigenvalue weighted by Crippen LogP contribution is 2.39. The van der Waals surface area contributed by atoms with Gasteiger partial charge in [0, 0.05) is 56.8 Å². The van der Waals surface area contributed by atoms with E-state index in [9.17, 15) is 0 Å². The van der Waals surface area contributed by atoms with Crippen LogP contribution in [0.2, 0.25) is 0 Å². The Morgan fingerprint density at radius 1 is 0.417 bits per heavy atom. The molecule has 0 saturated carbocycles. The zero-order chi connectivity index (χ0) is 24.2. The van der Waals surface area contributed by atoms with Crippen LogP contribution in [0.5, 0.6) is 0 Å². The molecule has 0 N–H and O–H groups in total. The van der Waals surface area contributed by atoms with Crippen LogP contribution in [0.15, 0.2) is 109 Å². The lowest BCUT2D eigenvalue weighted by atomic mass is 9.97. The number of nitrogens with zero attached hydrogens (tertiary/aromatic N) is 2. The van der Waals surface area contributed by atoms with Crippen molar-refractivity contribution in [2.75, 3.05) is 0 Å². The van der Waals surface area contributed by atoms with E-state index in [1.165, 1.54) is 65.9 Å². The molecule has 0 amide bonds. The predicted molar refractivity (Wildman–Crippen MR) is 155 cm³/mol. The summed E-state index contributed by atoms with van der Waals surface area (Å²) in [5.74, 6) is 0. The summed E-state index contributed by atoms with van der Waals surface area (Å²) in [6.07, 6.45) is 0. The monoisotopic (exact) mass is 464 g/mol. The number of hydrogen-bond donors (Lipinski definition) is 0. The van der Waals surface area contributed by atoms with Crippen LogP contribution < -0.4 is 0 Å². The molecule has 0 atom stereocenters. The molecule has 0 aliphatic rings. The van der Waals surface area contributed by atoms with Gasteiger partial charge in [-0.1, -0.05) is 97.1 Å². The number of fused-ring (bicyclic) bond motifs is 6. The van der Waals surface area contributed by atoms with E-state index in [-0.39, 0.29) is 0 Å². The molecule has 0 radical (unpaired) electrons. The van der Waals surface area contributed by atoms with Crippen molar-refractivity contribution in [2.45, 2.75) is 26.9 Å². The van der Waals surface area contributed by atoms with Gasteiger partial charge < -0.3 is 9.13 Å². The molecule has 0 fully saturated rings. The third kappa shape index (κ3) is 2.91. The molecule has 7 rings (SSSR count). The second-order valence-electron chi connectivity index (χ2n) is 9.50. The van der Waals surface area contributed by atoms with E-state index in [4.69, 9.17) is 0 Å². The Morgan fingerprint density at radius 2 is 0.806 bits per heavy atom. The Labute approximate surface area is 211 Å². The van der Waals surface area contributed by atoms with Crippen LogP contribution in [-0.4, -0.2) is 9.13 Å². The molecule has 0 bridgehead atoms. The van der Waals surface area contributed by atoms with E-state index >= 15 is 0 Å². The van der Waals surface area contributed by atoms with Gasteiger partial charge in [-0.15, -0.1) is 0 Å². The van der Waals surface area contributed by atoms with Crippen molar-refractivity contribution < 1.29 is 0 Å². The van der Waals surface area contributed by atoms with Crippen LogP contribution in [-0.2, 0) is 13.1 Å². The normalized spacial score (nSPS) is 11.8. The molecule has 0 spiro atoms. The summed E-state index contributed by atoms with van der Waals surface area (Å²) in [6, 6.07) is 40.1. The van der Waals surface area contributed by atoms with Crippen LogP contribution in [0.4, 0.5) is 0 Å². The molecule has 2 heteroatoms. The lowest BCUT2D eigenvalue weighted by Gasteiger charge is -2.12. The molecule has 7 aromatic rings. The average molecular weight is 465 g/mol. The Bertz CT molecular complexity index is 1760. The molecular formula is C34H28N2. The summed E-state index contributed by atoms with van der Waals surface area (Å²) in [4.78, 5) is 0. The largest absolute Gasteiger partial charge is 0.340 e. The average Bonchev–Trinajstić information content (AvgIpc) is 3.45. The number of aryl methyl sites for hydroxylation is 2. The first kappa shape index (κ1) is 21.0. The third-order valence-corrected chi connectivity index (χ3v) is 7.72. The lowest BCUT2D eigenvalue weighted by molar-refractivity contribution is 0.827. The highest BCUT2D eigenvalue weighted by molar-refractivity contribution is 6.14. The standard InChI is InChI=1S/C34H28N2/c1-3-35-31-17-7-5-11-27(31)29-15-9-13-25(33(29)35)23-19-21-24(22-20-23)26-14-10-16-30-28-12-6-8-18-32(28)36(4-2)34(26)30/h5-22H,3-4H2,1-2H3. The highest BCUT2D eigenvalue weighted by atomic mass is 15.0. The minimum Gasteiger partial charge on any atom is -0.340 e. The zero-order valence-electron chi connectivity index (χ0n) is 20.7. The predicted octanol–water partition coefficient (Wildman–Crippen LogP) is 9.28. The van der Waals surface area contributed by atoms with Crippen LogP contribution in [0, 0.1) is 0 Å². The molecule has 36 heavy (non-hydrogen) atoms. The maximum absolute atomic E-state index is 2.45. The molecule has 2 heterocycles. The zero-order valence-corrected chi connectivity index (χ0v) is 20.7. The first-order valence-electron chi connectivity index (χ1n) is 12.9. The molecule has 174 valence electrons. The van der Waals surface area contributed by atoms with Crippen molar-refractivity contribution in [3.8, 4) is 22.3 Å². The fourth-order valence-electron chi connectivity index (χ4n) is 6.17. The van der Waals surface area contributed by atoms with Crippen molar-refractivity contribution in [3.63, 3.8) is 0 Å². The van der Waals surface area contributed by atoms with Gasteiger partial charge in [-0.05, 0) is 37.1 Å². The second kappa shape index (κ2) is 8.13.